The van der Waals surface area contributed by atoms with Gasteiger partial charge in [-0.15, -0.1) is 0 Å². The Balaban J connectivity index is 2.06. The molecule has 22 heavy (non-hydrogen) atoms. The predicted molar refractivity (Wildman–Crippen MR) is 76.5 cm³/mol. The van der Waals surface area contributed by atoms with Gasteiger partial charge in [0.1, 0.15) is 23.3 Å². The summed E-state index contributed by atoms with van der Waals surface area (Å²) in [6.45, 7) is 0. The van der Waals surface area contributed by atoms with Gasteiger partial charge in [0.25, 0.3) is 0 Å². The van der Waals surface area contributed by atoms with Crippen molar-refractivity contribution >= 4 is 24.0 Å². The van der Waals surface area contributed by atoms with Crippen LogP contribution in [0.4, 0.5) is 10.5 Å². The first-order chi connectivity index (χ1) is 10.5. The number of hydrogen-bond acceptors (Lipinski definition) is 5. The highest BCUT2D eigenvalue weighted by atomic mass is 16.6. The zero-order valence-corrected chi connectivity index (χ0v) is 11.1. The molecule has 0 spiro atoms. The van der Waals surface area contributed by atoms with Crippen LogP contribution >= 0.6 is 0 Å². The number of aldehydes is 1. The zero-order valence-electron chi connectivity index (χ0n) is 11.1. The van der Waals surface area contributed by atoms with Crippen LogP contribution in [0.2, 0.25) is 0 Å². The van der Waals surface area contributed by atoms with Crippen molar-refractivity contribution in [3.8, 4) is 11.5 Å². The summed E-state index contributed by atoms with van der Waals surface area (Å²) in [5, 5.41) is 20.6. The standard InChI is InChI=1S/C15H11NO6/c17-8-9-1-4-11(5-2-9)22-15(21)16-10-3-6-13(18)12(7-10)14(19)20/h1-8,18H,(H,16,21)(H,19,20). The Kier molecular flexibility index (Phi) is 4.38. The van der Waals surface area contributed by atoms with E-state index in [1.165, 1.54) is 30.3 Å². The van der Waals surface area contributed by atoms with E-state index in [-0.39, 0.29) is 17.0 Å². The molecule has 0 radical (unpaired) electrons. The molecule has 0 aromatic heterocycles. The highest BCUT2D eigenvalue weighted by Crippen LogP contribution is 2.21. The van der Waals surface area contributed by atoms with Crippen LogP contribution in [0.5, 0.6) is 11.5 Å². The number of benzene rings is 2. The molecule has 7 nitrogen and oxygen atoms in total. The highest BCUT2D eigenvalue weighted by molar-refractivity contribution is 5.94. The molecule has 2 rings (SSSR count). The maximum atomic E-state index is 11.7. The number of anilines is 1. The number of carboxylic acid groups (broad SMARTS) is 1. The van der Waals surface area contributed by atoms with E-state index in [1.807, 2.05) is 0 Å². The maximum Gasteiger partial charge on any atom is 0.417 e. The van der Waals surface area contributed by atoms with Gasteiger partial charge in [0, 0.05) is 11.3 Å². The van der Waals surface area contributed by atoms with E-state index >= 15 is 0 Å². The molecule has 0 saturated carbocycles. The van der Waals surface area contributed by atoms with Gasteiger partial charge < -0.3 is 14.9 Å². The lowest BCUT2D eigenvalue weighted by atomic mass is 10.2. The number of amides is 1. The molecule has 0 unspecified atom stereocenters. The number of aromatic carboxylic acids is 1. The minimum Gasteiger partial charge on any atom is -0.507 e. The van der Waals surface area contributed by atoms with Gasteiger partial charge in [-0.05, 0) is 42.5 Å². The van der Waals surface area contributed by atoms with Crippen LogP contribution < -0.4 is 10.1 Å². The van der Waals surface area contributed by atoms with E-state index in [0.29, 0.717) is 11.8 Å². The van der Waals surface area contributed by atoms with Crippen molar-refractivity contribution < 1.29 is 29.3 Å². The second-order valence-electron chi connectivity index (χ2n) is 4.24. The van der Waals surface area contributed by atoms with E-state index in [0.717, 1.165) is 12.1 Å². The van der Waals surface area contributed by atoms with Crippen LogP contribution in [0.25, 0.3) is 0 Å². The topological polar surface area (TPSA) is 113 Å². The molecule has 1 amide bonds. The summed E-state index contributed by atoms with van der Waals surface area (Å²) in [4.78, 5) is 33.1. The molecule has 112 valence electrons. The van der Waals surface area contributed by atoms with E-state index in [4.69, 9.17) is 9.84 Å². The number of hydrogen-bond donors (Lipinski definition) is 3. The maximum absolute atomic E-state index is 11.7. The van der Waals surface area contributed by atoms with Gasteiger partial charge >= 0.3 is 12.1 Å². The summed E-state index contributed by atoms with van der Waals surface area (Å²) in [5.74, 6) is -1.50. The number of phenols is 1. The first-order valence-electron chi connectivity index (χ1n) is 6.10. The fourth-order valence-corrected chi connectivity index (χ4v) is 1.65. The van der Waals surface area contributed by atoms with E-state index in [1.54, 1.807) is 0 Å². The van der Waals surface area contributed by atoms with Gasteiger partial charge in [-0.2, -0.15) is 0 Å². The molecule has 2 aromatic rings. The van der Waals surface area contributed by atoms with Gasteiger partial charge in [0.15, 0.2) is 0 Å². The van der Waals surface area contributed by atoms with Gasteiger partial charge in [0.2, 0.25) is 0 Å². The van der Waals surface area contributed by atoms with Crippen LogP contribution in [-0.2, 0) is 0 Å². The van der Waals surface area contributed by atoms with Gasteiger partial charge in [-0.25, -0.2) is 9.59 Å². The Morgan fingerprint density at radius 3 is 2.36 bits per heavy atom. The Morgan fingerprint density at radius 1 is 1.09 bits per heavy atom. The quantitative estimate of drug-likeness (QED) is 0.590. The average Bonchev–Trinajstić information content (AvgIpc) is 2.49. The molecular formula is C15H11NO6. The van der Waals surface area contributed by atoms with Crippen molar-refractivity contribution in [2.24, 2.45) is 0 Å². The summed E-state index contributed by atoms with van der Waals surface area (Å²) in [6.07, 6.45) is -0.172. The molecule has 0 bridgehead atoms. The van der Waals surface area contributed by atoms with E-state index in [2.05, 4.69) is 5.32 Å². The van der Waals surface area contributed by atoms with Crippen LogP contribution in [0.3, 0.4) is 0 Å². The number of carboxylic acids is 1. The van der Waals surface area contributed by atoms with Crippen molar-refractivity contribution in [2.45, 2.75) is 0 Å². The minimum atomic E-state index is -1.32. The number of carbonyl (C=O) groups is 3. The molecule has 0 fully saturated rings. The monoisotopic (exact) mass is 301 g/mol. The van der Waals surface area contributed by atoms with Crippen LogP contribution in [-0.4, -0.2) is 28.6 Å². The third kappa shape index (κ3) is 3.60. The Morgan fingerprint density at radius 2 is 1.77 bits per heavy atom. The first kappa shape index (κ1) is 15.0. The molecule has 3 N–H and O–H groups in total. The second-order valence-corrected chi connectivity index (χ2v) is 4.24. The number of aromatic hydroxyl groups is 1. The molecule has 0 aliphatic heterocycles. The molecule has 2 aromatic carbocycles. The molecule has 0 saturated heterocycles. The van der Waals surface area contributed by atoms with Gasteiger partial charge in [-0.1, -0.05) is 0 Å². The summed E-state index contributed by atoms with van der Waals surface area (Å²) < 4.78 is 4.97. The Labute approximate surface area is 124 Å². The van der Waals surface area contributed by atoms with Crippen LogP contribution in [0.1, 0.15) is 20.7 Å². The lowest BCUT2D eigenvalue weighted by molar-refractivity contribution is 0.0693. The van der Waals surface area contributed by atoms with Crippen molar-refractivity contribution in [1.29, 1.82) is 0 Å². The lowest BCUT2D eigenvalue weighted by Gasteiger charge is -2.08. The SMILES string of the molecule is O=Cc1ccc(OC(=O)Nc2ccc(O)c(C(=O)O)c2)cc1. The fourth-order valence-electron chi connectivity index (χ4n) is 1.65. The summed E-state index contributed by atoms with van der Waals surface area (Å²) in [6, 6.07) is 9.45. The second kappa shape index (κ2) is 6.40. The number of nitrogens with one attached hydrogen (secondary N) is 1. The third-order valence-electron chi connectivity index (χ3n) is 2.70. The third-order valence-corrected chi connectivity index (χ3v) is 2.70. The number of carbonyl (C=O) groups excluding carboxylic acids is 2. The summed E-state index contributed by atoms with van der Waals surface area (Å²) >= 11 is 0. The van der Waals surface area contributed by atoms with Crippen LogP contribution in [0.15, 0.2) is 42.5 Å². The fraction of sp³-hybridized carbons (Fsp3) is 0. The normalized spacial score (nSPS) is 9.82. The predicted octanol–water partition coefficient (Wildman–Crippen LogP) is 2.51. The largest absolute Gasteiger partial charge is 0.507 e. The molecular weight excluding hydrogens is 290 g/mol. The molecule has 0 heterocycles. The average molecular weight is 301 g/mol. The van der Waals surface area contributed by atoms with Crippen molar-refractivity contribution in [3.05, 3.63) is 53.6 Å². The van der Waals surface area contributed by atoms with Crippen LogP contribution in [0, 0.1) is 0 Å². The summed E-state index contributed by atoms with van der Waals surface area (Å²) in [7, 11) is 0. The van der Waals surface area contributed by atoms with E-state index < -0.39 is 17.8 Å². The minimum absolute atomic E-state index is 0.157. The van der Waals surface area contributed by atoms with E-state index in [9.17, 15) is 19.5 Å². The molecule has 0 aliphatic rings. The van der Waals surface area contributed by atoms with Crippen molar-refractivity contribution in [1.82, 2.24) is 0 Å². The van der Waals surface area contributed by atoms with Gasteiger partial charge in [0.05, 0.1) is 0 Å². The highest BCUT2D eigenvalue weighted by Gasteiger charge is 2.12. The molecule has 7 heteroatoms. The Hall–Kier alpha value is -3.35. The number of ether oxygens (including phenoxy) is 1. The van der Waals surface area contributed by atoms with Crippen molar-refractivity contribution in [3.63, 3.8) is 0 Å². The number of rotatable bonds is 4. The lowest BCUT2D eigenvalue weighted by Crippen LogP contribution is -2.17. The molecule has 0 atom stereocenters. The van der Waals surface area contributed by atoms with Crippen molar-refractivity contribution in [2.75, 3.05) is 5.32 Å². The smallest absolute Gasteiger partial charge is 0.417 e. The Bertz CT molecular complexity index is 723. The molecule has 0 aliphatic carbocycles. The summed E-state index contributed by atoms with van der Waals surface area (Å²) in [5.41, 5.74) is 0.259. The first-order valence-corrected chi connectivity index (χ1v) is 6.10. The van der Waals surface area contributed by atoms with Gasteiger partial charge in [-0.3, -0.25) is 10.1 Å². The zero-order chi connectivity index (χ0) is 16.1.